The van der Waals surface area contributed by atoms with Crippen LogP contribution in [0.2, 0.25) is 0 Å². The Morgan fingerprint density at radius 1 is 0.967 bits per heavy atom. The number of nitrogens with zero attached hydrogens (tertiary/aromatic N) is 1. The van der Waals surface area contributed by atoms with Crippen LogP contribution in [0.1, 0.15) is 36.8 Å². The maximum Gasteiger partial charge on any atom is 0.231 e. The Labute approximate surface area is 191 Å². The van der Waals surface area contributed by atoms with E-state index in [0.717, 1.165) is 75.3 Å². The molecule has 0 aromatic heterocycles. The van der Waals surface area contributed by atoms with Crippen LogP contribution in [0.5, 0.6) is 11.5 Å². The molecule has 1 aliphatic carbocycles. The third kappa shape index (κ3) is 3.83. The molecule has 0 spiro atoms. The number of ether oxygens (including phenoxy) is 2. The summed E-state index contributed by atoms with van der Waals surface area (Å²) < 4.78 is 12.3. The molecule has 0 bridgehead atoms. The van der Waals surface area contributed by atoms with E-state index in [1.165, 1.54) is 9.13 Å². The summed E-state index contributed by atoms with van der Waals surface area (Å²) in [5, 5.41) is 15.1. The van der Waals surface area contributed by atoms with E-state index in [4.69, 9.17) is 9.47 Å². The summed E-state index contributed by atoms with van der Waals surface area (Å²) >= 11 is 2.46. The van der Waals surface area contributed by atoms with Crippen molar-refractivity contribution in [2.45, 2.75) is 43.2 Å². The van der Waals surface area contributed by atoms with Crippen LogP contribution in [0.25, 0.3) is 0 Å². The van der Waals surface area contributed by atoms with Gasteiger partial charge in [0.05, 0.1) is 5.60 Å². The van der Waals surface area contributed by atoms with Crippen molar-refractivity contribution in [2.75, 3.05) is 33.0 Å². The molecule has 1 saturated heterocycles. The van der Waals surface area contributed by atoms with Crippen molar-refractivity contribution in [3.63, 3.8) is 0 Å². The first-order chi connectivity index (χ1) is 14.6. The molecule has 0 amide bonds. The van der Waals surface area contributed by atoms with Gasteiger partial charge >= 0.3 is 0 Å². The Hall–Kier alpha value is -1.35. The second-order valence-electron chi connectivity index (χ2n) is 8.83. The number of hydrogen-bond donors (Lipinski definition) is 2. The fraction of sp³-hybridized carbons (Fsp3) is 0.500. The number of halogens is 1. The number of rotatable bonds is 4. The molecule has 6 heteroatoms. The van der Waals surface area contributed by atoms with Crippen LogP contribution in [0, 0.1) is 3.57 Å². The molecule has 5 nitrogen and oxygen atoms in total. The van der Waals surface area contributed by atoms with Gasteiger partial charge in [-0.2, -0.15) is 0 Å². The minimum Gasteiger partial charge on any atom is -0.454 e. The van der Waals surface area contributed by atoms with E-state index in [1.807, 2.05) is 18.2 Å². The van der Waals surface area contributed by atoms with Gasteiger partial charge in [0.2, 0.25) is 6.79 Å². The van der Waals surface area contributed by atoms with E-state index in [0.29, 0.717) is 0 Å². The van der Waals surface area contributed by atoms with E-state index in [-0.39, 0.29) is 12.3 Å². The fourth-order valence-corrected chi connectivity index (χ4v) is 5.92. The van der Waals surface area contributed by atoms with E-state index >= 15 is 0 Å². The quantitative estimate of drug-likeness (QED) is 0.603. The van der Waals surface area contributed by atoms with Crippen molar-refractivity contribution in [1.29, 1.82) is 0 Å². The zero-order chi connectivity index (χ0) is 20.6. The van der Waals surface area contributed by atoms with E-state index < -0.39 is 5.60 Å². The number of piperazine rings is 1. The van der Waals surface area contributed by atoms with Gasteiger partial charge in [0, 0.05) is 35.3 Å². The predicted molar refractivity (Wildman–Crippen MR) is 125 cm³/mol. The van der Waals surface area contributed by atoms with Gasteiger partial charge in [-0.25, -0.2) is 0 Å². The van der Waals surface area contributed by atoms with Gasteiger partial charge in [-0.15, -0.1) is 0 Å². The van der Waals surface area contributed by atoms with Crippen molar-refractivity contribution < 1.29 is 14.6 Å². The average Bonchev–Trinajstić information content (AvgIpc) is 3.26. The summed E-state index contributed by atoms with van der Waals surface area (Å²) in [6.45, 7) is 4.50. The highest BCUT2D eigenvalue weighted by atomic mass is 127. The highest BCUT2D eigenvalue weighted by molar-refractivity contribution is 14.1. The highest BCUT2D eigenvalue weighted by Gasteiger charge is 2.46. The lowest BCUT2D eigenvalue weighted by molar-refractivity contribution is -0.0628. The average molecular weight is 520 g/mol. The minimum absolute atomic E-state index is 0.103. The molecule has 3 aliphatic rings. The van der Waals surface area contributed by atoms with Crippen molar-refractivity contribution in [3.8, 4) is 11.5 Å². The summed E-state index contributed by atoms with van der Waals surface area (Å²) in [7, 11) is 0. The number of nitrogens with one attached hydrogen (secondary N) is 1. The first-order valence-electron chi connectivity index (χ1n) is 10.9. The SMILES string of the molecule is OC1(c2ccc3c(c2)OCO3)CCC(Cc2ccccc2I)(N2CCNCC2)CC1. The number of benzene rings is 2. The Morgan fingerprint density at radius 2 is 1.70 bits per heavy atom. The molecule has 0 unspecified atom stereocenters. The van der Waals surface area contributed by atoms with Gasteiger partial charge in [0.25, 0.3) is 0 Å². The molecule has 0 radical (unpaired) electrons. The summed E-state index contributed by atoms with van der Waals surface area (Å²) in [4.78, 5) is 2.69. The summed E-state index contributed by atoms with van der Waals surface area (Å²) in [5.41, 5.74) is 1.68. The van der Waals surface area contributed by atoms with Gasteiger partial charge < -0.3 is 19.9 Å². The molecule has 1 saturated carbocycles. The Morgan fingerprint density at radius 3 is 2.47 bits per heavy atom. The monoisotopic (exact) mass is 520 g/mol. The van der Waals surface area contributed by atoms with Crippen LogP contribution in [0.4, 0.5) is 0 Å². The van der Waals surface area contributed by atoms with Crippen LogP contribution in [0.15, 0.2) is 42.5 Å². The van der Waals surface area contributed by atoms with Crippen LogP contribution in [-0.4, -0.2) is 48.5 Å². The number of hydrogen-bond acceptors (Lipinski definition) is 5. The van der Waals surface area contributed by atoms with Crippen LogP contribution >= 0.6 is 22.6 Å². The van der Waals surface area contributed by atoms with Gasteiger partial charge in [-0.3, -0.25) is 4.90 Å². The van der Waals surface area contributed by atoms with Gasteiger partial charge in [-0.1, -0.05) is 24.3 Å². The largest absolute Gasteiger partial charge is 0.454 e. The molecular formula is C24H29IN2O3. The lowest BCUT2D eigenvalue weighted by Gasteiger charge is -2.52. The molecule has 160 valence electrons. The maximum absolute atomic E-state index is 11.6. The van der Waals surface area contributed by atoms with Crippen LogP contribution in [-0.2, 0) is 12.0 Å². The molecule has 2 aliphatic heterocycles. The van der Waals surface area contributed by atoms with Gasteiger partial charge in [-0.05, 0) is 84.0 Å². The van der Waals surface area contributed by atoms with E-state index in [2.05, 4.69) is 57.1 Å². The summed E-state index contributed by atoms with van der Waals surface area (Å²) in [6.07, 6.45) is 4.55. The van der Waals surface area contributed by atoms with E-state index in [9.17, 15) is 5.11 Å². The van der Waals surface area contributed by atoms with Gasteiger partial charge in [0.15, 0.2) is 11.5 Å². The normalized spacial score (nSPS) is 29.1. The zero-order valence-corrected chi connectivity index (χ0v) is 19.4. The zero-order valence-electron chi connectivity index (χ0n) is 17.2. The van der Waals surface area contributed by atoms with E-state index in [1.54, 1.807) is 0 Å². The van der Waals surface area contributed by atoms with Crippen molar-refractivity contribution in [3.05, 3.63) is 57.2 Å². The van der Waals surface area contributed by atoms with Crippen molar-refractivity contribution >= 4 is 22.6 Å². The van der Waals surface area contributed by atoms with Crippen LogP contribution < -0.4 is 14.8 Å². The minimum atomic E-state index is -0.803. The molecule has 5 rings (SSSR count). The third-order valence-corrected chi connectivity index (χ3v) is 8.24. The molecule has 0 atom stereocenters. The molecule has 2 heterocycles. The van der Waals surface area contributed by atoms with Crippen LogP contribution in [0.3, 0.4) is 0 Å². The number of aliphatic hydroxyl groups is 1. The van der Waals surface area contributed by atoms with Crippen molar-refractivity contribution in [1.82, 2.24) is 10.2 Å². The smallest absolute Gasteiger partial charge is 0.231 e. The molecule has 30 heavy (non-hydrogen) atoms. The van der Waals surface area contributed by atoms with Crippen molar-refractivity contribution in [2.24, 2.45) is 0 Å². The maximum atomic E-state index is 11.6. The Bertz CT molecular complexity index is 905. The topological polar surface area (TPSA) is 54.0 Å². The second kappa shape index (κ2) is 8.30. The van der Waals surface area contributed by atoms with Gasteiger partial charge in [0.1, 0.15) is 0 Å². The standard InChI is InChI=1S/C24H29IN2O3/c25-20-4-2-1-3-18(20)16-23(27-13-11-26-12-14-27)7-9-24(28,10-8-23)19-5-6-21-22(15-19)30-17-29-21/h1-6,15,26,28H,7-14,16-17H2. The first kappa shape index (κ1) is 20.5. The molecule has 2 aromatic carbocycles. The predicted octanol–water partition coefficient (Wildman–Crippen LogP) is 3.67. The molecule has 2 N–H and O–H groups in total. The summed E-state index contributed by atoms with van der Waals surface area (Å²) in [6, 6.07) is 14.6. The second-order valence-corrected chi connectivity index (χ2v) is 9.99. The third-order valence-electron chi connectivity index (χ3n) is 7.18. The molecule has 2 fully saturated rings. The lowest BCUT2D eigenvalue weighted by Crippen LogP contribution is -2.59. The number of fused-ring (bicyclic) bond motifs is 1. The highest BCUT2D eigenvalue weighted by Crippen LogP contribution is 2.47. The first-order valence-corrected chi connectivity index (χ1v) is 12.0. The lowest BCUT2D eigenvalue weighted by atomic mass is 9.68. The molecule has 2 aromatic rings. The Kier molecular flexibility index (Phi) is 5.68. The fourth-order valence-electron chi connectivity index (χ4n) is 5.34. The molecular weight excluding hydrogens is 491 g/mol. The summed E-state index contributed by atoms with van der Waals surface area (Å²) in [5.74, 6) is 1.52. The Balaban J connectivity index is 1.40.